The maximum absolute atomic E-state index is 13.1. The molecule has 0 radical (unpaired) electrons. The molecule has 2 fully saturated rings. The summed E-state index contributed by atoms with van der Waals surface area (Å²) in [5.41, 5.74) is 3.42. The maximum Gasteiger partial charge on any atom is 0.257 e. The Balaban J connectivity index is 1.44. The van der Waals surface area contributed by atoms with Gasteiger partial charge in [0, 0.05) is 76.9 Å². The average Bonchev–Trinajstić information content (AvgIpc) is 2.99. The lowest BCUT2D eigenvalue weighted by molar-refractivity contribution is 0.0744. The molecule has 2 saturated heterocycles. The minimum atomic E-state index is 0.0704. The van der Waals surface area contributed by atoms with Crippen LogP contribution in [0.15, 0.2) is 6.07 Å². The largest absolute Gasteiger partial charge is 0.354 e. The topological polar surface area (TPSA) is 73.6 Å². The quantitative estimate of drug-likeness (QED) is 0.740. The van der Waals surface area contributed by atoms with Crippen LogP contribution in [0.3, 0.4) is 0 Å². The molecule has 1 amide bonds. The van der Waals surface area contributed by atoms with E-state index in [2.05, 4.69) is 37.9 Å². The van der Waals surface area contributed by atoms with E-state index in [-0.39, 0.29) is 5.91 Å². The molecule has 9 nitrogen and oxygen atoms in total. The second-order valence-electron chi connectivity index (χ2n) is 8.41. The van der Waals surface area contributed by atoms with Crippen molar-refractivity contribution >= 4 is 17.7 Å². The van der Waals surface area contributed by atoms with Gasteiger partial charge in [0.2, 0.25) is 5.95 Å². The summed E-state index contributed by atoms with van der Waals surface area (Å²) in [5.74, 6) is 1.84. The van der Waals surface area contributed by atoms with Gasteiger partial charge in [0.1, 0.15) is 5.82 Å². The number of nitrogens with zero attached hydrogens (tertiary/aromatic N) is 8. The van der Waals surface area contributed by atoms with E-state index in [1.54, 1.807) is 4.68 Å². The first kappa shape index (κ1) is 20.6. The first-order valence-electron chi connectivity index (χ1n) is 10.7. The number of hydrogen-bond acceptors (Lipinski definition) is 7. The van der Waals surface area contributed by atoms with Gasteiger partial charge in [-0.3, -0.25) is 9.48 Å². The van der Waals surface area contributed by atoms with Crippen LogP contribution in [-0.2, 0) is 7.05 Å². The Labute approximate surface area is 178 Å². The lowest BCUT2D eigenvalue weighted by Crippen LogP contribution is -2.49. The number of rotatable bonds is 3. The zero-order valence-corrected chi connectivity index (χ0v) is 18.7. The van der Waals surface area contributed by atoms with Gasteiger partial charge in [-0.05, 0) is 27.8 Å². The Morgan fingerprint density at radius 2 is 1.50 bits per heavy atom. The van der Waals surface area contributed by atoms with E-state index in [0.29, 0.717) is 13.1 Å². The van der Waals surface area contributed by atoms with Crippen LogP contribution >= 0.6 is 0 Å². The second-order valence-corrected chi connectivity index (χ2v) is 8.41. The number of carbonyl (C=O) groups is 1. The number of likely N-dealkylation sites (N-methyl/N-ethyl adjacent to an activating group) is 1. The standard InChI is InChI=1S/C21H32N8O/c1-15-14-18(27-8-6-25(4)7-9-27)23-21(22-15)29-12-10-28(11-13-29)20(30)19-16(2)24-26(5)17(19)3/h14H,6-13H2,1-5H3. The minimum absolute atomic E-state index is 0.0704. The molecule has 0 spiro atoms. The van der Waals surface area contributed by atoms with Crippen molar-refractivity contribution in [1.29, 1.82) is 0 Å². The second kappa shape index (κ2) is 8.22. The first-order chi connectivity index (χ1) is 14.3. The SMILES string of the molecule is Cc1cc(N2CCN(C)CC2)nc(N2CCN(C(=O)c3c(C)nn(C)c3C)CC2)n1. The van der Waals surface area contributed by atoms with Crippen molar-refractivity contribution in [2.24, 2.45) is 7.05 Å². The fraction of sp³-hybridized carbons (Fsp3) is 0.619. The average molecular weight is 413 g/mol. The van der Waals surface area contributed by atoms with Crippen LogP contribution in [0.5, 0.6) is 0 Å². The molecule has 0 atom stereocenters. The Bertz CT molecular complexity index is 923. The molecular weight excluding hydrogens is 380 g/mol. The lowest BCUT2D eigenvalue weighted by Gasteiger charge is -2.36. The normalized spacial score (nSPS) is 18.2. The molecule has 4 rings (SSSR count). The molecule has 0 saturated carbocycles. The van der Waals surface area contributed by atoms with Crippen LogP contribution in [0, 0.1) is 20.8 Å². The van der Waals surface area contributed by atoms with Gasteiger partial charge in [-0.15, -0.1) is 0 Å². The maximum atomic E-state index is 13.1. The minimum Gasteiger partial charge on any atom is -0.354 e. The Hall–Kier alpha value is -2.68. The molecule has 30 heavy (non-hydrogen) atoms. The van der Waals surface area contributed by atoms with E-state index in [9.17, 15) is 4.79 Å². The fourth-order valence-electron chi connectivity index (χ4n) is 4.23. The summed E-state index contributed by atoms with van der Waals surface area (Å²) in [7, 11) is 4.04. The molecule has 0 N–H and O–H groups in total. The van der Waals surface area contributed by atoms with Gasteiger partial charge in [-0.2, -0.15) is 10.1 Å². The fourth-order valence-corrected chi connectivity index (χ4v) is 4.23. The van der Waals surface area contributed by atoms with Crippen molar-refractivity contribution < 1.29 is 4.79 Å². The highest BCUT2D eigenvalue weighted by Gasteiger charge is 2.28. The molecule has 162 valence electrons. The molecule has 2 aliphatic heterocycles. The van der Waals surface area contributed by atoms with Gasteiger partial charge < -0.3 is 19.6 Å². The van der Waals surface area contributed by atoms with Crippen molar-refractivity contribution in [3.8, 4) is 0 Å². The monoisotopic (exact) mass is 412 g/mol. The van der Waals surface area contributed by atoms with Gasteiger partial charge >= 0.3 is 0 Å². The summed E-state index contributed by atoms with van der Waals surface area (Å²) in [6, 6.07) is 2.07. The van der Waals surface area contributed by atoms with Crippen molar-refractivity contribution in [3.05, 3.63) is 28.7 Å². The van der Waals surface area contributed by atoms with Crippen molar-refractivity contribution in [3.63, 3.8) is 0 Å². The highest BCUT2D eigenvalue weighted by Crippen LogP contribution is 2.21. The number of piperazine rings is 2. The number of anilines is 2. The summed E-state index contributed by atoms with van der Waals surface area (Å²) >= 11 is 0. The van der Waals surface area contributed by atoms with Crippen molar-refractivity contribution in [2.75, 3.05) is 69.2 Å². The van der Waals surface area contributed by atoms with Gasteiger partial charge in [-0.1, -0.05) is 0 Å². The van der Waals surface area contributed by atoms with Gasteiger partial charge in [-0.25, -0.2) is 4.98 Å². The zero-order valence-electron chi connectivity index (χ0n) is 18.7. The predicted octanol–water partition coefficient (Wildman–Crippen LogP) is 0.850. The summed E-state index contributed by atoms with van der Waals surface area (Å²) in [4.78, 5) is 31.4. The van der Waals surface area contributed by atoms with Crippen molar-refractivity contribution in [2.45, 2.75) is 20.8 Å². The summed E-state index contributed by atoms with van der Waals surface area (Å²) in [6.07, 6.45) is 0. The lowest BCUT2D eigenvalue weighted by atomic mass is 10.1. The molecule has 2 aromatic heterocycles. The number of hydrogen-bond donors (Lipinski definition) is 0. The molecule has 2 aliphatic rings. The third-order valence-electron chi connectivity index (χ3n) is 6.23. The number of carbonyl (C=O) groups excluding carboxylic acids is 1. The predicted molar refractivity (Wildman–Crippen MR) is 117 cm³/mol. The van der Waals surface area contributed by atoms with E-state index >= 15 is 0 Å². The number of aromatic nitrogens is 4. The van der Waals surface area contributed by atoms with Crippen LogP contribution in [0.2, 0.25) is 0 Å². The summed E-state index contributed by atoms with van der Waals surface area (Å²) in [5, 5.41) is 4.39. The van der Waals surface area contributed by atoms with E-state index in [4.69, 9.17) is 4.98 Å². The van der Waals surface area contributed by atoms with Crippen LogP contribution in [-0.4, -0.2) is 94.9 Å². The Kier molecular flexibility index (Phi) is 5.64. The number of aryl methyl sites for hydroxylation is 3. The summed E-state index contributed by atoms with van der Waals surface area (Å²) < 4.78 is 1.78. The Morgan fingerprint density at radius 1 is 0.867 bits per heavy atom. The molecule has 0 unspecified atom stereocenters. The number of amides is 1. The first-order valence-corrected chi connectivity index (χ1v) is 10.7. The van der Waals surface area contributed by atoms with Crippen LogP contribution < -0.4 is 9.80 Å². The molecule has 9 heteroatoms. The molecule has 0 aliphatic carbocycles. The van der Waals surface area contributed by atoms with Crippen LogP contribution in [0.25, 0.3) is 0 Å². The van der Waals surface area contributed by atoms with Gasteiger partial charge in [0.25, 0.3) is 5.91 Å². The smallest absolute Gasteiger partial charge is 0.257 e. The van der Waals surface area contributed by atoms with Crippen LogP contribution in [0.1, 0.15) is 27.4 Å². The van der Waals surface area contributed by atoms with E-state index in [1.165, 1.54) is 0 Å². The molecular formula is C21H32N8O. The molecule has 0 aromatic carbocycles. The van der Waals surface area contributed by atoms with Crippen LogP contribution in [0.4, 0.5) is 11.8 Å². The van der Waals surface area contributed by atoms with Gasteiger partial charge in [0.05, 0.1) is 11.3 Å². The summed E-state index contributed by atoms with van der Waals surface area (Å²) in [6.45, 7) is 12.7. The highest BCUT2D eigenvalue weighted by molar-refractivity contribution is 5.96. The van der Waals surface area contributed by atoms with E-state index in [1.807, 2.05) is 32.7 Å². The Morgan fingerprint density at radius 3 is 2.10 bits per heavy atom. The van der Waals surface area contributed by atoms with E-state index < -0.39 is 0 Å². The third kappa shape index (κ3) is 3.98. The van der Waals surface area contributed by atoms with Gasteiger partial charge in [0.15, 0.2) is 0 Å². The molecule has 4 heterocycles. The van der Waals surface area contributed by atoms with Crippen molar-refractivity contribution in [1.82, 2.24) is 29.5 Å². The molecule has 0 bridgehead atoms. The zero-order chi connectivity index (χ0) is 21.4. The highest BCUT2D eigenvalue weighted by atomic mass is 16.2. The van der Waals surface area contributed by atoms with E-state index in [0.717, 1.165) is 73.7 Å². The third-order valence-corrected chi connectivity index (χ3v) is 6.23. The molecule has 2 aromatic rings.